The van der Waals surface area contributed by atoms with Gasteiger partial charge < -0.3 is 15.1 Å². The first-order valence-corrected chi connectivity index (χ1v) is 8.69. The smallest absolute Gasteiger partial charge is 0.416 e. The second-order valence-corrected chi connectivity index (χ2v) is 5.93. The number of hydrogen-bond donors (Lipinski definition) is 3. The number of aromatic amines is 1. The molecular weight excluding hydrogens is 392 g/mol. The van der Waals surface area contributed by atoms with Gasteiger partial charge in [0.2, 0.25) is 5.82 Å². The van der Waals surface area contributed by atoms with E-state index in [1.54, 1.807) is 12.1 Å². The summed E-state index contributed by atoms with van der Waals surface area (Å²) in [6.45, 7) is 2.24. The Morgan fingerprint density at radius 1 is 1.24 bits per heavy atom. The summed E-state index contributed by atoms with van der Waals surface area (Å²) in [5.74, 6) is 0.701. The quantitative estimate of drug-likeness (QED) is 0.329. The molecule has 7 nitrogen and oxygen atoms in total. The van der Waals surface area contributed by atoms with E-state index in [0.717, 1.165) is 12.1 Å². The maximum Gasteiger partial charge on any atom is 0.416 e. The zero-order valence-electron chi connectivity index (χ0n) is 15.3. The second kappa shape index (κ2) is 8.76. The van der Waals surface area contributed by atoms with Crippen LogP contribution in [0.4, 0.5) is 17.6 Å². The van der Waals surface area contributed by atoms with Crippen molar-refractivity contribution < 1.29 is 22.0 Å². The van der Waals surface area contributed by atoms with Crippen LogP contribution in [0.15, 0.2) is 46.0 Å². The standard InChI is InChI=1S/C18H18F4N6O/c1-2-23-17(24-9-11-5-6-12(19)8-13(11)18(20,21)22)25-10-15-26-16(28-27-15)14-4-3-7-29-14/h3-8H,2,9-10H2,1H3,(H2,23,24,25)(H,26,27,28). The molecule has 3 rings (SSSR count). The number of benzene rings is 1. The van der Waals surface area contributed by atoms with Gasteiger partial charge in [-0.15, -0.1) is 5.10 Å². The molecule has 11 heteroatoms. The van der Waals surface area contributed by atoms with Gasteiger partial charge in [-0.1, -0.05) is 6.07 Å². The summed E-state index contributed by atoms with van der Waals surface area (Å²) in [6, 6.07) is 5.95. The number of alkyl halides is 3. The Bertz CT molecular complexity index is 965. The summed E-state index contributed by atoms with van der Waals surface area (Å²) < 4.78 is 57.8. The third-order valence-electron chi connectivity index (χ3n) is 3.83. The predicted octanol–water partition coefficient (Wildman–Crippen LogP) is 3.48. The van der Waals surface area contributed by atoms with Crippen molar-refractivity contribution in [1.29, 1.82) is 0 Å². The van der Waals surface area contributed by atoms with Crippen molar-refractivity contribution in [2.45, 2.75) is 26.2 Å². The van der Waals surface area contributed by atoms with Crippen LogP contribution in [0, 0.1) is 5.82 Å². The minimum Gasteiger partial charge on any atom is -0.461 e. The number of furan rings is 1. The topological polar surface area (TPSA) is 91.1 Å². The van der Waals surface area contributed by atoms with Crippen LogP contribution in [0.5, 0.6) is 0 Å². The summed E-state index contributed by atoms with van der Waals surface area (Å²) in [7, 11) is 0. The van der Waals surface area contributed by atoms with Crippen LogP contribution in [0.25, 0.3) is 11.6 Å². The highest BCUT2D eigenvalue weighted by atomic mass is 19.4. The molecule has 154 valence electrons. The van der Waals surface area contributed by atoms with Crippen LogP contribution < -0.4 is 10.6 Å². The maximum atomic E-state index is 13.2. The van der Waals surface area contributed by atoms with Crippen LogP contribution >= 0.6 is 0 Å². The van der Waals surface area contributed by atoms with E-state index < -0.39 is 17.6 Å². The third-order valence-corrected chi connectivity index (χ3v) is 3.83. The molecule has 0 atom stereocenters. The second-order valence-electron chi connectivity index (χ2n) is 5.93. The normalized spacial score (nSPS) is 12.2. The SMILES string of the molecule is CCNC(=NCc1ccc(F)cc1C(F)(F)F)NCc1nc(-c2ccco2)n[nH]1. The number of H-pyrrole nitrogens is 1. The Labute approximate surface area is 163 Å². The van der Waals surface area contributed by atoms with Crippen LogP contribution in [-0.4, -0.2) is 27.7 Å². The van der Waals surface area contributed by atoms with E-state index in [1.165, 1.54) is 6.26 Å². The van der Waals surface area contributed by atoms with Gasteiger partial charge in [0.25, 0.3) is 0 Å². The van der Waals surface area contributed by atoms with Crippen LogP contribution in [0.3, 0.4) is 0 Å². The molecule has 0 spiro atoms. The number of rotatable bonds is 6. The van der Waals surface area contributed by atoms with Crippen molar-refractivity contribution in [3.63, 3.8) is 0 Å². The summed E-state index contributed by atoms with van der Waals surface area (Å²) in [4.78, 5) is 8.41. The molecule has 2 aromatic heterocycles. The van der Waals surface area contributed by atoms with Crippen molar-refractivity contribution in [1.82, 2.24) is 25.8 Å². The predicted molar refractivity (Wildman–Crippen MR) is 97.1 cm³/mol. The highest BCUT2D eigenvalue weighted by molar-refractivity contribution is 5.79. The zero-order valence-corrected chi connectivity index (χ0v) is 15.3. The average Bonchev–Trinajstić information content (AvgIpc) is 3.35. The van der Waals surface area contributed by atoms with Gasteiger partial charge in [0.05, 0.1) is 24.9 Å². The Balaban J connectivity index is 1.69. The van der Waals surface area contributed by atoms with Crippen LogP contribution in [-0.2, 0) is 19.3 Å². The molecular formula is C18H18F4N6O. The van der Waals surface area contributed by atoms with Crippen LogP contribution in [0.1, 0.15) is 23.9 Å². The molecule has 3 N–H and O–H groups in total. The minimum atomic E-state index is -4.67. The number of nitrogens with zero attached hydrogens (tertiary/aromatic N) is 3. The van der Waals surface area contributed by atoms with Crippen molar-refractivity contribution in [2.24, 2.45) is 4.99 Å². The number of nitrogens with one attached hydrogen (secondary N) is 3. The summed E-state index contributed by atoms with van der Waals surface area (Å²) >= 11 is 0. The van der Waals surface area contributed by atoms with E-state index in [9.17, 15) is 17.6 Å². The lowest BCUT2D eigenvalue weighted by molar-refractivity contribution is -0.138. The fourth-order valence-electron chi connectivity index (χ4n) is 2.51. The van der Waals surface area contributed by atoms with Crippen molar-refractivity contribution in [3.05, 3.63) is 59.4 Å². The van der Waals surface area contributed by atoms with Gasteiger partial charge >= 0.3 is 6.18 Å². The Hall–Kier alpha value is -3.37. The Morgan fingerprint density at radius 3 is 2.76 bits per heavy atom. The molecule has 0 fully saturated rings. The molecule has 0 aliphatic heterocycles. The van der Waals surface area contributed by atoms with E-state index in [0.29, 0.717) is 30.0 Å². The molecule has 0 bridgehead atoms. The molecule has 0 saturated heterocycles. The number of guanidine groups is 1. The van der Waals surface area contributed by atoms with E-state index in [-0.39, 0.29) is 24.6 Å². The van der Waals surface area contributed by atoms with Gasteiger partial charge in [0, 0.05) is 6.54 Å². The minimum absolute atomic E-state index is 0.129. The number of aromatic nitrogens is 3. The largest absolute Gasteiger partial charge is 0.461 e. The highest BCUT2D eigenvalue weighted by Gasteiger charge is 2.33. The number of hydrogen-bond acceptors (Lipinski definition) is 4. The average molecular weight is 410 g/mol. The summed E-state index contributed by atoms with van der Waals surface area (Å²) in [5.41, 5.74) is -1.17. The van der Waals surface area contributed by atoms with E-state index >= 15 is 0 Å². The highest BCUT2D eigenvalue weighted by Crippen LogP contribution is 2.32. The first kappa shape index (κ1) is 20.4. The van der Waals surface area contributed by atoms with Crippen molar-refractivity contribution in [2.75, 3.05) is 6.54 Å². The monoisotopic (exact) mass is 410 g/mol. The lowest BCUT2D eigenvalue weighted by atomic mass is 10.1. The molecule has 3 aromatic rings. The fourth-order valence-corrected chi connectivity index (χ4v) is 2.51. The lowest BCUT2D eigenvalue weighted by Gasteiger charge is -2.13. The fraction of sp³-hybridized carbons (Fsp3) is 0.278. The molecule has 0 unspecified atom stereocenters. The number of halogens is 4. The molecule has 2 heterocycles. The van der Waals surface area contributed by atoms with Gasteiger partial charge in [-0.3, -0.25) is 5.10 Å². The van der Waals surface area contributed by atoms with Gasteiger partial charge in [-0.2, -0.15) is 13.2 Å². The molecule has 0 saturated carbocycles. The van der Waals surface area contributed by atoms with Gasteiger partial charge in [-0.05, 0) is 36.8 Å². The van der Waals surface area contributed by atoms with Crippen LogP contribution in [0.2, 0.25) is 0 Å². The Morgan fingerprint density at radius 2 is 2.07 bits per heavy atom. The summed E-state index contributed by atoms with van der Waals surface area (Å²) in [6.07, 6.45) is -3.16. The summed E-state index contributed by atoms with van der Waals surface area (Å²) in [5, 5.41) is 12.7. The van der Waals surface area contributed by atoms with E-state index in [4.69, 9.17) is 4.42 Å². The maximum absolute atomic E-state index is 13.2. The molecule has 0 aliphatic carbocycles. The van der Waals surface area contributed by atoms with Crippen molar-refractivity contribution in [3.8, 4) is 11.6 Å². The first-order chi connectivity index (χ1) is 13.9. The van der Waals surface area contributed by atoms with Gasteiger partial charge in [0.1, 0.15) is 11.6 Å². The third kappa shape index (κ3) is 5.33. The lowest BCUT2D eigenvalue weighted by Crippen LogP contribution is -2.37. The Kier molecular flexibility index (Phi) is 6.15. The zero-order chi connectivity index (χ0) is 20.9. The molecule has 0 aliphatic rings. The number of aliphatic imine (C=N–C) groups is 1. The molecule has 29 heavy (non-hydrogen) atoms. The van der Waals surface area contributed by atoms with Crippen molar-refractivity contribution >= 4 is 5.96 Å². The molecule has 0 amide bonds. The first-order valence-electron chi connectivity index (χ1n) is 8.69. The van der Waals surface area contributed by atoms with E-state index in [1.807, 2.05) is 6.92 Å². The van der Waals surface area contributed by atoms with Gasteiger partial charge in [0.15, 0.2) is 11.7 Å². The van der Waals surface area contributed by atoms with Gasteiger partial charge in [-0.25, -0.2) is 14.4 Å². The molecule has 0 radical (unpaired) electrons. The molecule has 1 aromatic carbocycles. The van der Waals surface area contributed by atoms with E-state index in [2.05, 4.69) is 30.8 Å².